The van der Waals surface area contributed by atoms with Crippen molar-refractivity contribution in [2.24, 2.45) is 0 Å². The molecule has 0 aliphatic rings. The van der Waals surface area contributed by atoms with Crippen LogP contribution in [-0.4, -0.2) is 23.2 Å². The molecule has 0 aromatic heterocycles. The van der Waals surface area contributed by atoms with Gasteiger partial charge in [-0.15, -0.1) is 0 Å². The molecule has 0 saturated heterocycles. The summed E-state index contributed by atoms with van der Waals surface area (Å²) in [5, 5.41) is 11.5. The van der Waals surface area contributed by atoms with Crippen molar-refractivity contribution in [2.45, 2.75) is 32.2 Å². The van der Waals surface area contributed by atoms with Crippen LogP contribution >= 0.6 is 0 Å². The van der Waals surface area contributed by atoms with Gasteiger partial charge in [0.05, 0.1) is 6.42 Å². The van der Waals surface area contributed by atoms with Crippen LogP contribution in [0.5, 0.6) is 0 Å². The fourth-order valence-electron chi connectivity index (χ4n) is 1.62. The van der Waals surface area contributed by atoms with Crippen molar-refractivity contribution in [3.8, 4) is 0 Å². The number of aliphatic hydroxyl groups is 1. The van der Waals surface area contributed by atoms with Gasteiger partial charge in [0.2, 0.25) is 5.91 Å². The Morgan fingerprint density at radius 3 is 2.67 bits per heavy atom. The molecule has 1 aromatic rings. The molecule has 18 heavy (non-hydrogen) atoms. The summed E-state index contributed by atoms with van der Waals surface area (Å²) in [7, 11) is 0. The zero-order valence-electron chi connectivity index (χ0n) is 10.5. The highest BCUT2D eigenvalue weighted by atomic mass is 19.2. The molecule has 5 heteroatoms. The topological polar surface area (TPSA) is 49.3 Å². The predicted molar refractivity (Wildman–Crippen MR) is 64.0 cm³/mol. The lowest BCUT2D eigenvalue weighted by Crippen LogP contribution is -2.44. The standard InChI is InChI=1S/C13H17F2NO2/c1-13(2,6-7-17)16-11(18)8-9-4-3-5-10(14)12(9)15/h3-5,17H,6-8H2,1-2H3,(H,16,18). The van der Waals surface area contributed by atoms with Gasteiger partial charge in [-0.05, 0) is 26.3 Å². The van der Waals surface area contributed by atoms with Crippen LogP contribution in [0, 0.1) is 11.6 Å². The molecular formula is C13H17F2NO2. The van der Waals surface area contributed by atoms with E-state index in [1.54, 1.807) is 13.8 Å². The third kappa shape index (κ3) is 4.07. The third-order valence-electron chi connectivity index (χ3n) is 2.60. The van der Waals surface area contributed by atoms with Gasteiger partial charge in [0.15, 0.2) is 11.6 Å². The van der Waals surface area contributed by atoms with Crippen molar-refractivity contribution in [1.29, 1.82) is 0 Å². The molecule has 0 spiro atoms. The number of carbonyl (C=O) groups excluding carboxylic acids is 1. The molecule has 1 aromatic carbocycles. The van der Waals surface area contributed by atoms with Crippen LogP contribution < -0.4 is 5.32 Å². The largest absolute Gasteiger partial charge is 0.396 e. The first-order valence-corrected chi connectivity index (χ1v) is 5.70. The number of aliphatic hydroxyl groups excluding tert-OH is 1. The number of halogens is 2. The Bertz CT molecular complexity index is 433. The number of hydrogen-bond donors (Lipinski definition) is 2. The van der Waals surface area contributed by atoms with Crippen LogP contribution in [0.2, 0.25) is 0 Å². The minimum absolute atomic E-state index is 0.0206. The Kier molecular flexibility index (Phi) is 4.78. The minimum Gasteiger partial charge on any atom is -0.396 e. The van der Waals surface area contributed by atoms with E-state index in [0.29, 0.717) is 6.42 Å². The highest BCUT2D eigenvalue weighted by molar-refractivity contribution is 5.79. The molecule has 3 nitrogen and oxygen atoms in total. The maximum Gasteiger partial charge on any atom is 0.224 e. The molecule has 0 aliphatic heterocycles. The Balaban J connectivity index is 2.68. The lowest BCUT2D eigenvalue weighted by atomic mass is 10.0. The smallest absolute Gasteiger partial charge is 0.224 e. The second kappa shape index (κ2) is 5.91. The van der Waals surface area contributed by atoms with Crippen LogP contribution in [0.15, 0.2) is 18.2 Å². The molecule has 0 heterocycles. The SMILES string of the molecule is CC(C)(CCO)NC(=O)Cc1cccc(F)c1F. The second-order valence-corrected chi connectivity index (χ2v) is 4.80. The first-order valence-electron chi connectivity index (χ1n) is 5.70. The molecule has 0 radical (unpaired) electrons. The van der Waals surface area contributed by atoms with Gasteiger partial charge in [0.1, 0.15) is 0 Å². The number of nitrogens with one attached hydrogen (secondary N) is 1. The van der Waals surface area contributed by atoms with E-state index in [1.807, 2.05) is 0 Å². The molecule has 1 rings (SSSR count). The summed E-state index contributed by atoms with van der Waals surface area (Å²) in [6.45, 7) is 3.45. The van der Waals surface area contributed by atoms with Gasteiger partial charge in [-0.25, -0.2) is 8.78 Å². The van der Waals surface area contributed by atoms with Gasteiger partial charge >= 0.3 is 0 Å². The highest BCUT2D eigenvalue weighted by Gasteiger charge is 2.20. The summed E-state index contributed by atoms with van der Waals surface area (Å²) < 4.78 is 26.3. The van der Waals surface area contributed by atoms with Crippen LogP contribution in [0.4, 0.5) is 8.78 Å². The second-order valence-electron chi connectivity index (χ2n) is 4.80. The summed E-state index contributed by atoms with van der Waals surface area (Å²) >= 11 is 0. The average molecular weight is 257 g/mol. The van der Waals surface area contributed by atoms with Crippen molar-refractivity contribution in [3.05, 3.63) is 35.4 Å². The lowest BCUT2D eigenvalue weighted by Gasteiger charge is -2.25. The Hall–Kier alpha value is -1.49. The van der Waals surface area contributed by atoms with Gasteiger partial charge < -0.3 is 10.4 Å². The number of amides is 1. The van der Waals surface area contributed by atoms with Gasteiger partial charge in [-0.3, -0.25) is 4.79 Å². The monoisotopic (exact) mass is 257 g/mol. The summed E-state index contributed by atoms with van der Waals surface area (Å²) in [5.74, 6) is -2.36. The van der Waals surface area contributed by atoms with E-state index in [0.717, 1.165) is 6.07 Å². The molecule has 0 aliphatic carbocycles. The minimum atomic E-state index is -0.993. The van der Waals surface area contributed by atoms with Crippen molar-refractivity contribution in [2.75, 3.05) is 6.61 Å². The zero-order chi connectivity index (χ0) is 13.8. The van der Waals surface area contributed by atoms with E-state index in [1.165, 1.54) is 12.1 Å². The van der Waals surface area contributed by atoms with E-state index in [4.69, 9.17) is 5.11 Å². The normalized spacial score (nSPS) is 11.4. The molecule has 1 amide bonds. The van der Waals surface area contributed by atoms with Crippen molar-refractivity contribution in [1.82, 2.24) is 5.32 Å². The Morgan fingerprint density at radius 1 is 1.39 bits per heavy atom. The molecule has 0 atom stereocenters. The number of benzene rings is 1. The Labute approximate surface area is 105 Å². The van der Waals surface area contributed by atoms with Crippen LogP contribution in [0.1, 0.15) is 25.8 Å². The number of rotatable bonds is 5. The van der Waals surface area contributed by atoms with E-state index in [-0.39, 0.29) is 18.6 Å². The summed E-state index contributed by atoms with van der Waals surface area (Å²) in [4.78, 5) is 11.7. The average Bonchev–Trinajstić information content (AvgIpc) is 2.23. The summed E-state index contributed by atoms with van der Waals surface area (Å²) in [6, 6.07) is 3.74. The fourth-order valence-corrected chi connectivity index (χ4v) is 1.62. The van der Waals surface area contributed by atoms with Crippen LogP contribution in [-0.2, 0) is 11.2 Å². The predicted octanol–water partition coefficient (Wildman–Crippen LogP) is 1.78. The van der Waals surface area contributed by atoms with Gasteiger partial charge in [0.25, 0.3) is 0 Å². The quantitative estimate of drug-likeness (QED) is 0.844. The molecular weight excluding hydrogens is 240 g/mol. The molecule has 0 unspecified atom stereocenters. The molecule has 100 valence electrons. The van der Waals surface area contributed by atoms with E-state index < -0.39 is 23.1 Å². The molecule has 2 N–H and O–H groups in total. The van der Waals surface area contributed by atoms with Gasteiger partial charge in [0, 0.05) is 17.7 Å². The number of carbonyl (C=O) groups is 1. The lowest BCUT2D eigenvalue weighted by molar-refractivity contribution is -0.122. The zero-order valence-corrected chi connectivity index (χ0v) is 10.5. The molecule has 0 saturated carbocycles. The molecule has 0 fully saturated rings. The van der Waals surface area contributed by atoms with E-state index >= 15 is 0 Å². The summed E-state index contributed by atoms with van der Waals surface area (Å²) in [6.07, 6.45) is 0.169. The third-order valence-corrected chi connectivity index (χ3v) is 2.60. The van der Waals surface area contributed by atoms with Crippen LogP contribution in [0.25, 0.3) is 0 Å². The summed E-state index contributed by atoms with van der Waals surface area (Å²) in [5.41, 5.74) is -0.553. The number of hydrogen-bond acceptors (Lipinski definition) is 2. The van der Waals surface area contributed by atoms with Crippen molar-refractivity contribution < 1.29 is 18.7 Å². The van der Waals surface area contributed by atoms with E-state index in [2.05, 4.69) is 5.32 Å². The van der Waals surface area contributed by atoms with Crippen molar-refractivity contribution >= 4 is 5.91 Å². The maximum absolute atomic E-state index is 13.3. The first kappa shape index (κ1) is 14.6. The Morgan fingerprint density at radius 2 is 2.06 bits per heavy atom. The van der Waals surface area contributed by atoms with Crippen LogP contribution in [0.3, 0.4) is 0 Å². The van der Waals surface area contributed by atoms with Gasteiger partial charge in [-0.2, -0.15) is 0 Å². The molecule has 0 bridgehead atoms. The van der Waals surface area contributed by atoms with Crippen molar-refractivity contribution in [3.63, 3.8) is 0 Å². The highest BCUT2D eigenvalue weighted by Crippen LogP contribution is 2.13. The maximum atomic E-state index is 13.3. The van der Waals surface area contributed by atoms with Gasteiger partial charge in [-0.1, -0.05) is 12.1 Å². The fraction of sp³-hybridized carbons (Fsp3) is 0.462. The van der Waals surface area contributed by atoms with E-state index in [9.17, 15) is 13.6 Å². The first-order chi connectivity index (χ1) is 8.35.